The molecule has 8 heteroatoms. The van der Waals surface area contributed by atoms with Gasteiger partial charge in [-0.25, -0.2) is 18.9 Å². The lowest BCUT2D eigenvalue weighted by molar-refractivity contribution is 0.0603. The topological polar surface area (TPSA) is 79.4 Å². The van der Waals surface area contributed by atoms with Gasteiger partial charge in [-0.15, -0.1) is 0 Å². The van der Waals surface area contributed by atoms with Crippen LogP contribution in [0.15, 0.2) is 77.4 Å². The Kier molecular flexibility index (Phi) is 5.55. The van der Waals surface area contributed by atoms with Crippen LogP contribution in [0.25, 0.3) is 22.5 Å². The normalized spacial score (nSPS) is 11.0. The Bertz CT molecular complexity index is 1460. The summed E-state index contributed by atoms with van der Waals surface area (Å²) in [6.45, 7) is 2.26. The van der Waals surface area contributed by atoms with Crippen molar-refractivity contribution >= 4 is 17.0 Å². The zero-order chi connectivity index (χ0) is 23.7. The van der Waals surface area contributed by atoms with E-state index < -0.39 is 5.97 Å². The Hall–Kier alpha value is -4.46. The van der Waals surface area contributed by atoms with Gasteiger partial charge in [0.25, 0.3) is 0 Å². The van der Waals surface area contributed by atoms with Gasteiger partial charge < -0.3 is 13.9 Å². The third-order valence-electron chi connectivity index (χ3n) is 5.36. The summed E-state index contributed by atoms with van der Waals surface area (Å²) in [5.74, 6) is 0.935. The number of aryl methyl sites for hydroxylation is 1. The van der Waals surface area contributed by atoms with Gasteiger partial charge in [0.05, 0.1) is 36.6 Å². The molecular weight excluding hydrogens is 437 g/mol. The fourth-order valence-corrected chi connectivity index (χ4v) is 3.76. The van der Waals surface area contributed by atoms with Crippen LogP contribution in [-0.4, -0.2) is 27.8 Å². The molecule has 34 heavy (non-hydrogen) atoms. The molecule has 0 saturated heterocycles. The van der Waals surface area contributed by atoms with Crippen molar-refractivity contribution in [3.05, 3.63) is 95.6 Å². The van der Waals surface area contributed by atoms with Crippen LogP contribution >= 0.6 is 0 Å². The maximum atomic E-state index is 13.1. The molecule has 0 bridgehead atoms. The number of rotatable bonds is 6. The Morgan fingerprint density at radius 2 is 1.76 bits per heavy atom. The molecule has 7 nitrogen and oxygen atoms in total. The fraction of sp³-hybridized carbons (Fsp3) is 0.115. The Balaban J connectivity index is 1.48. The first-order valence-corrected chi connectivity index (χ1v) is 10.5. The SMILES string of the molecule is COC(=O)c1cc(-c2ccco2)nc2c1c(C)nn2Cc1ccc(Oc2ccc(F)cc2)cc1. The minimum atomic E-state index is -0.467. The van der Waals surface area contributed by atoms with Crippen LogP contribution in [0.4, 0.5) is 4.39 Å². The molecule has 5 rings (SSSR count). The molecule has 0 fully saturated rings. The van der Waals surface area contributed by atoms with Crippen LogP contribution in [0.2, 0.25) is 0 Å². The van der Waals surface area contributed by atoms with Crippen molar-refractivity contribution in [2.75, 3.05) is 7.11 Å². The number of ether oxygens (including phenoxy) is 2. The zero-order valence-electron chi connectivity index (χ0n) is 18.5. The van der Waals surface area contributed by atoms with Gasteiger partial charge in [-0.3, -0.25) is 0 Å². The monoisotopic (exact) mass is 457 g/mol. The van der Waals surface area contributed by atoms with E-state index in [0.29, 0.717) is 51.8 Å². The fourth-order valence-electron chi connectivity index (χ4n) is 3.76. The first kappa shape index (κ1) is 21.4. The molecule has 0 aliphatic carbocycles. The summed E-state index contributed by atoms with van der Waals surface area (Å²) in [7, 11) is 1.34. The average molecular weight is 457 g/mol. The molecule has 170 valence electrons. The van der Waals surface area contributed by atoms with Gasteiger partial charge in [-0.05, 0) is 67.1 Å². The number of hydrogen-bond donors (Lipinski definition) is 0. The Labute approximate surface area is 194 Å². The number of hydrogen-bond acceptors (Lipinski definition) is 6. The van der Waals surface area contributed by atoms with Crippen LogP contribution in [0, 0.1) is 12.7 Å². The molecular formula is C26H20FN3O4. The second-order valence-corrected chi connectivity index (χ2v) is 7.67. The third-order valence-corrected chi connectivity index (χ3v) is 5.36. The molecule has 0 aliphatic heterocycles. The van der Waals surface area contributed by atoms with Crippen molar-refractivity contribution in [2.45, 2.75) is 13.5 Å². The summed E-state index contributed by atoms with van der Waals surface area (Å²) in [6, 6.07) is 18.5. The number of carbonyl (C=O) groups excluding carboxylic acids is 1. The van der Waals surface area contributed by atoms with Crippen molar-refractivity contribution < 1.29 is 23.1 Å². The maximum absolute atomic E-state index is 13.1. The van der Waals surface area contributed by atoms with E-state index in [2.05, 4.69) is 5.10 Å². The first-order valence-electron chi connectivity index (χ1n) is 10.5. The predicted octanol–water partition coefficient (Wildman–Crippen LogP) is 5.77. The van der Waals surface area contributed by atoms with Gasteiger partial charge in [0.1, 0.15) is 23.0 Å². The minimum absolute atomic E-state index is 0.316. The van der Waals surface area contributed by atoms with Gasteiger partial charge in [0.2, 0.25) is 0 Å². The van der Waals surface area contributed by atoms with Crippen LogP contribution in [0.1, 0.15) is 21.6 Å². The van der Waals surface area contributed by atoms with Gasteiger partial charge in [0, 0.05) is 0 Å². The number of pyridine rings is 1. The van der Waals surface area contributed by atoms with Crippen molar-refractivity contribution in [2.24, 2.45) is 0 Å². The third kappa shape index (κ3) is 4.13. The quantitative estimate of drug-likeness (QED) is 0.301. The van der Waals surface area contributed by atoms with E-state index in [-0.39, 0.29) is 5.82 Å². The molecule has 0 aliphatic rings. The minimum Gasteiger partial charge on any atom is -0.465 e. The number of nitrogens with zero attached hydrogens (tertiary/aromatic N) is 3. The first-order chi connectivity index (χ1) is 16.5. The molecule has 5 aromatic rings. The van der Waals surface area contributed by atoms with Crippen molar-refractivity contribution in [3.8, 4) is 23.0 Å². The molecule has 3 heterocycles. The van der Waals surface area contributed by atoms with E-state index in [1.807, 2.05) is 31.2 Å². The smallest absolute Gasteiger partial charge is 0.338 e. The number of furan rings is 1. The Morgan fingerprint density at radius 3 is 2.41 bits per heavy atom. The molecule has 3 aromatic heterocycles. The van der Waals surface area contributed by atoms with E-state index in [9.17, 15) is 9.18 Å². The number of aromatic nitrogens is 3. The van der Waals surface area contributed by atoms with E-state index in [1.54, 1.807) is 41.3 Å². The number of methoxy groups -OCH3 is 1. The van der Waals surface area contributed by atoms with E-state index >= 15 is 0 Å². The molecule has 2 aromatic carbocycles. The second-order valence-electron chi connectivity index (χ2n) is 7.67. The zero-order valence-corrected chi connectivity index (χ0v) is 18.5. The molecule has 0 saturated carbocycles. The number of carbonyl (C=O) groups is 1. The maximum Gasteiger partial charge on any atom is 0.338 e. The van der Waals surface area contributed by atoms with Gasteiger partial charge in [-0.2, -0.15) is 5.10 Å². The summed E-state index contributed by atoms with van der Waals surface area (Å²) >= 11 is 0. The molecule has 0 amide bonds. The molecule has 0 radical (unpaired) electrons. The summed E-state index contributed by atoms with van der Waals surface area (Å²) < 4.78 is 31.1. The second kappa shape index (κ2) is 8.82. The van der Waals surface area contributed by atoms with E-state index in [0.717, 1.165) is 5.56 Å². The van der Waals surface area contributed by atoms with Crippen LogP contribution < -0.4 is 4.74 Å². The van der Waals surface area contributed by atoms with E-state index in [1.165, 1.54) is 19.2 Å². The average Bonchev–Trinajstić information content (AvgIpc) is 3.49. The Morgan fingerprint density at radius 1 is 1.06 bits per heavy atom. The lowest BCUT2D eigenvalue weighted by Crippen LogP contribution is -2.06. The van der Waals surface area contributed by atoms with Crippen molar-refractivity contribution in [3.63, 3.8) is 0 Å². The highest BCUT2D eigenvalue weighted by Gasteiger charge is 2.21. The molecule has 0 spiro atoms. The molecule has 0 N–H and O–H groups in total. The number of fused-ring (bicyclic) bond motifs is 1. The predicted molar refractivity (Wildman–Crippen MR) is 123 cm³/mol. The largest absolute Gasteiger partial charge is 0.465 e. The number of benzene rings is 2. The van der Waals surface area contributed by atoms with Crippen LogP contribution in [0.3, 0.4) is 0 Å². The standard InChI is InChI=1S/C26H20FN3O4/c1-16-24-21(26(31)32-2)14-22(23-4-3-13-33-23)28-25(24)30(29-16)15-17-5-9-19(10-6-17)34-20-11-7-18(27)8-12-20/h3-14H,15H2,1-2H3. The van der Waals surface area contributed by atoms with Gasteiger partial charge >= 0.3 is 5.97 Å². The van der Waals surface area contributed by atoms with Crippen molar-refractivity contribution in [1.29, 1.82) is 0 Å². The highest BCUT2D eigenvalue weighted by molar-refractivity contribution is 6.04. The molecule has 0 atom stereocenters. The van der Waals surface area contributed by atoms with Gasteiger partial charge in [0.15, 0.2) is 11.4 Å². The lowest BCUT2D eigenvalue weighted by atomic mass is 10.1. The van der Waals surface area contributed by atoms with Crippen molar-refractivity contribution in [1.82, 2.24) is 14.8 Å². The highest BCUT2D eigenvalue weighted by atomic mass is 19.1. The number of halogens is 1. The lowest BCUT2D eigenvalue weighted by Gasteiger charge is -2.09. The van der Waals surface area contributed by atoms with Crippen LogP contribution in [-0.2, 0) is 11.3 Å². The number of esters is 1. The highest BCUT2D eigenvalue weighted by Crippen LogP contribution is 2.29. The summed E-state index contributed by atoms with van der Waals surface area (Å²) in [5, 5.41) is 5.27. The molecule has 0 unspecified atom stereocenters. The van der Waals surface area contributed by atoms with Gasteiger partial charge in [-0.1, -0.05) is 12.1 Å². The van der Waals surface area contributed by atoms with Crippen LogP contribution in [0.5, 0.6) is 11.5 Å². The summed E-state index contributed by atoms with van der Waals surface area (Å²) in [6.07, 6.45) is 1.55. The summed E-state index contributed by atoms with van der Waals surface area (Å²) in [5.41, 5.74) is 3.08. The van der Waals surface area contributed by atoms with E-state index in [4.69, 9.17) is 18.9 Å². The summed E-state index contributed by atoms with van der Waals surface area (Å²) in [4.78, 5) is 17.3.